The minimum Gasteiger partial charge on any atom is -0.342 e. The molecule has 0 saturated heterocycles. The van der Waals surface area contributed by atoms with Crippen LogP contribution in [0.15, 0.2) is 94.5 Å². The molecule has 1 atom stereocenters. The number of anilines is 1. The number of carbonyl (C=O) groups excluding carboxylic acids is 1. The maximum Gasteiger partial charge on any atom is 0.259 e. The molecule has 2 heterocycles. The quantitative estimate of drug-likeness (QED) is 0.188. The van der Waals surface area contributed by atoms with Crippen LogP contribution < -0.4 is 5.32 Å². The third kappa shape index (κ3) is 5.95. The van der Waals surface area contributed by atoms with Gasteiger partial charge in [0, 0.05) is 50.5 Å². The standard InChI is InChI=1S/C35H34BrN3OS/c1-35(2,3)25-15-18-29-31(19-25)41-34(32(29)33(40)38-27-9-5-4-6-10-27)37-20-24-22-39(30-12-8-7-11-28(24)30)21-23-13-16-26(36)17-14-23/h4-14,16-17,20,22,25H,15,18-19,21H2,1-3H3,(H,38,40)/t25-/m0/s1. The molecular weight excluding hydrogens is 590 g/mol. The number of thiophene rings is 1. The molecule has 41 heavy (non-hydrogen) atoms. The summed E-state index contributed by atoms with van der Waals surface area (Å²) >= 11 is 5.22. The van der Waals surface area contributed by atoms with E-state index in [-0.39, 0.29) is 11.3 Å². The van der Waals surface area contributed by atoms with Gasteiger partial charge in [0.1, 0.15) is 5.00 Å². The van der Waals surface area contributed by atoms with E-state index in [1.165, 1.54) is 16.0 Å². The van der Waals surface area contributed by atoms with E-state index < -0.39 is 0 Å². The summed E-state index contributed by atoms with van der Waals surface area (Å²) < 4.78 is 3.35. The topological polar surface area (TPSA) is 46.4 Å². The SMILES string of the molecule is CC(C)(C)[C@H]1CCc2c(sc(N=Cc3cn(Cc4ccc(Br)cc4)c4ccccc34)c2C(=O)Nc2ccccc2)C1. The van der Waals surface area contributed by atoms with Gasteiger partial charge in [0.2, 0.25) is 0 Å². The molecule has 1 N–H and O–H groups in total. The second-order valence-electron chi connectivity index (χ2n) is 11.9. The van der Waals surface area contributed by atoms with Crippen molar-refractivity contribution in [3.8, 4) is 0 Å². The number of hydrogen-bond donors (Lipinski definition) is 1. The first-order valence-electron chi connectivity index (χ1n) is 14.1. The van der Waals surface area contributed by atoms with E-state index >= 15 is 0 Å². The fraction of sp³-hybridized carbons (Fsp3) is 0.257. The summed E-state index contributed by atoms with van der Waals surface area (Å²) in [5.41, 5.74) is 6.38. The van der Waals surface area contributed by atoms with E-state index in [1.54, 1.807) is 11.3 Å². The van der Waals surface area contributed by atoms with Gasteiger partial charge in [-0.15, -0.1) is 11.3 Å². The van der Waals surface area contributed by atoms with Crippen LogP contribution in [0.4, 0.5) is 10.7 Å². The molecule has 1 aliphatic carbocycles. The highest BCUT2D eigenvalue weighted by atomic mass is 79.9. The summed E-state index contributed by atoms with van der Waals surface area (Å²) in [6.45, 7) is 7.74. The average molecular weight is 625 g/mol. The Balaban J connectivity index is 1.37. The van der Waals surface area contributed by atoms with Gasteiger partial charge < -0.3 is 9.88 Å². The van der Waals surface area contributed by atoms with Crippen LogP contribution >= 0.6 is 27.3 Å². The summed E-state index contributed by atoms with van der Waals surface area (Å²) in [5.74, 6) is 0.514. The van der Waals surface area contributed by atoms with Crippen LogP contribution in [0.2, 0.25) is 0 Å². The maximum atomic E-state index is 13.7. The number of nitrogens with zero attached hydrogens (tertiary/aromatic N) is 2. The number of hydrogen-bond acceptors (Lipinski definition) is 3. The molecule has 0 spiro atoms. The van der Waals surface area contributed by atoms with Gasteiger partial charge in [-0.2, -0.15) is 0 Å². The van der Waals surface area contributed by atoms with Crippen LogP contribution in [0.5, 0.6) is 0 Å². The number of halogens is 1. The Hall–Kier alpha value is -3.48. The van der Waals surface area contributed by atoms with E-state index in [0.29, 0.717) is 5.92 Å². The van der Waals surface area contributed by atoms with E-state index in [2.05, 4.69) is 101 Å². The zero-order valence-corrected chi connectivity index (χ0v) is 26.1. The second-order valence-corrected chi connectivity index (χ2v) is 13.9. The molecule has 0 radical (unpaired) electrons. The Morgan fingerprint density at radius 3 is 2.54 bits per heavy atom. The normalized spacial score (nSPS) is 15.4. The smallest absolute Gasteiger partial charge is 0.259 e. The summed E-state index contributed by atoms with van der Waals surface area (Å²) in [7, 11) is 0. The first-order valence-corrected chi connectivity index (χ1v) is 15.7. The Bertz CT molecular complexity index is 1730. The lowest BCUT2D eigenvalue weighted by atomic mass is 9.72. The molecule has 208 valence electrons. The average Bonchev–Trinajstić information content (AvgIpc) is 3.50. The number of nitrogens with one attached hydrogen (secondary N) is 1. The minimum absolute atomic E-state index is 0.0762. The van der Waals surface area contributed by atoms with Crippen LogP contribution in [0.1, 0.15) is 59.1 Å². The highest BCUT2D eigenvalue weighted by molar-refractivity contribution is 9.10. The van der Waals surface area contributed by atoms with Crippen molar-refractivity contribution < 1.29 is 4.79 Å². The van der Waals surface area contributed by atoms with E-state index in [1.807, 2.05) is 36.5 Å². The molecule has 6 rings (SSSR count). The number of benzene rings is 3. The summed E-state index contributed by atoms with van der Waals surface area (Å²) in [6.07, 6.45) is 7.11. The Morgan fingerprint density at radius 1 is 1.05 bits per heavy atom. The van der Waals surface area contributed by atoms with E-state index in [4.69, 9.17) is 4.99 Å². The highest BCUT2D eigenvalue weighted by Crippen LogP contribution is 2.45. The molecule has 0 bridgehead atoms. The first kappa shape index (κ1) is 27.7. The number of rotatable bonds is 6. The van der Waals surface area contributed by atoms with Gasteiger partial charge in [-0.1, -0.05) is 85.2 Å². The summed E-state index contributed by atoms with van der Waals surface area (Å²) in [6, 6.07) is 26.6. The van der Waals surface area contributed by atoms with Crippen LogP contribution in [0, 0.1) is 11.3 Å². The highest BCUT2D eigenvalue weighted by Gasteiger charge is 2.33. The Labute approximate surface area is 254 Å². The second kappa shape index (κ2) is 11.4. The molecule has 1 aliphatic rings. The number of aromatic nitrogens is 1. The lowest BCUT2D eigenvalue weighted by Gasteiger charge is -2.33. The molecular formula is C35H34BrN3OS. The van der Waals surface area contributed by atoms with Crippen molar-refractivity contribution in [2.45, 2.75) is 46.6 Å². The van der Waals surface area contributed by atoms with Gasteiger partial charge in [0.15, 0.2) is 0 Å². The van der Waals surface area contributed by atoms with Gasteiger partial charge in [-0.3, -0.25) is 4.79 Å². The van der Waals surface area contributed by atoms with Crippen LogP contribution in [0.25, 0.3) is 10.9 Å². The van der Waals surface area contributed by atoms with Crippen molar-refractivity contribution in [3.63, 3.8) is 0 Å². The van der Waals surface area contributed by atoms with Crippen molar-refractivity contribution in [2.24, 2.45) is 16.3 Å². The van der Waals surface area contributed by atoms with Gasteiger partial charge in [0.25, 0.3) is 5.91 Å². The maximum absolute atomic E-state index is 13.7. The zero-order valence-electron chi connectivity index (χ0n) is 23.7. The Kier molecular flexibility index (Phi) is 7.71. The minimum atomic E-state index is -0.0762. The Morgan fingerprint density at radius 2 is 1.78 bits per heavy atom. The van der Waals surface area contributed by atoms with Crippen molar-refractivity contribution >= 4 is 61.0 Å². The number of para-hydroxylation sites is 2. The van der Waals surface area contributed by atoms with Crippen molar-refractivity contribution in [3.05, 3.63) is 117 Å². The van der Waals surface area contributed by atoms with E-state index in [9.17, 15) is 4.79 Å². The molecule has 3 aromatic carbocycles. The van der Waals surface area contributed by atoms with Gasteiger partial charge in [-0.05, 0) is 72.1 Å². The third-order valence-corrected chi connectivity index (χ3v) is 9.83. The van der Waals surface area contributed by atoms with Gasteiger partial charge in [-0.25, -0.2) is 4.99 Å². The molecule has 2 aromatic heterocycles. The lowest BCUT2D eigenvalue weighted by molar-refractivity contribution is 0.102. The first-order chi connectivity index (χ1) is 19.8. The van der Waals surface area contributed by atoms with Crippen molar-refractivity contribution in [1.29, 1.82) is 0 Å². The number of fused-ring (bicyclic) bond motifs is 2. The largest absolute Gasteiger partial charge is 0.342 e. The van der Waals surface area contributed by atoms with Gasteiger partial charge in [0.05, 0.1) is 5.56 Å². The summed E-state index contributed by atoms with van der Waals surface area (Å²) in [5, 5.41) is 5.07. The predicted molar refractivity (Wildman–Crippen MR) is 176 cm³/mol. The molecule has 4 nitrogen and oxygen atoms in total. The van der Waals surface area contributed by atoms with Crippen LogP contribution in [-0.4, -0.2) is 16.7 Å². The molecule has 1 amide bonds. The van der Waals surface area contributed by atoms with Gasteiger partial charge >= 0.3 is 0 Å². The number of amides is 1. The van der Waals surface area contributed by atoms with Crippen molar-refractivity contribution in [1.82, 2.24) is 4.57 Å². The molecule has 0 unspecified atom stereocenters. The van der Waals surface area contributed by atoms with Crippen LogP contribution in [0.3, 0.4) is 0 Å². The number of aliphatic imine (C=N–C) groups is 1. The fourth-order valence-electron chi connectivity index (χ4n) is 5.77. The van der Waals surface area contributed by atoms with Crippen molar-refractivity contribution in [2.75, 3.05) is 5.32 Å². The zero-order chi connectivity index (χ0) is 28.6. The van der Waals surface area contributed by atoms with E-state index in [0.717, 1.165) is 63.0 Å². The third-order valence-electron chi connectivity index (χ3n) is 8.14. The number of carbonyl (C=O) groups is 1. The summed E-state index contributed by atoms with van der Waals surface area (Å²) in [4.78, 5) is 20.0. The monoisotopic (exact) mass is 623 g/mol. The molecule has 0 saturated carbocycles. The molecule has 0 aliphatic heterocycles. The molecule has 6 heteroatoms. The van der Waals surface area contributed by atoms with Crippen LogP contribution in [-0.2, 0) is 19.4 Å². The molecule has 0 fully saturated rings. The predicted octanol–water partition coefficient (Wildman–Crippen LogP) is 9.67. The fourth-order valence-corrected chi connectivity index (χ4v) is 7.31. The molecule has 5 aromatic rings. The lowest BCUT2D eigenvalue weighted by Crippen LogP contribution is -2.27.